The molecule has 3 heterocycles. The third-order valence-corrected chi connectivity index (χ3v) is 8.51. The number of ether oxygens (including phenoxy) is 9. The number of carbonyl (C=O) groups is 1. The van der Waals surface area contributed by atoms with Crippen LogP contribution in [0.2, 0.25) is 0 Å². The number of methoxy groups -OCH3 is 1. The Balaban J connectivity index is 1.42. The molecule has 0 spiro atoms. The summed E-state index contributed by atoms with van der Waals surface area (Å²) in [5, 5.41) is 14.8. The fourth-order valence-corrected chi connectivity index (χ4v) is 6.13. The maximum absolute atomic E-state index is 11.8. The molecule has 0 radical (unpaired) electrons. The number of esters is 1. The molecule has 5 rings (SSSR count). The second kappa shape index (κ2) is 18.0. The molecule has 0 saturated carbocycles. The molecule has 3 aliphatic rings. The lowest BCUT2D eigenvalue weighted by Crippen LogP contribution is -2.66. The van der Waals surface area contributed by atoms with E-state index in [1.165, 1.54) is 14.0 Å². The Hall–Kier alpha value is -3.14. The number of carbonyl (C=O) groups excluding carboxylic acids is 1. The highest BCUT2D eigenvalue weighted by atomic mass is 16.8. The molecule has 1 N–H and O–H groups in total. The van der Waals surface area contributed by atoms with Gasteiger partial charge < -0.3 is 47.7 Å². The normalized spacial score (nSPS) is 33.3. The molecule has 0 aliphatic carbocycles. The minimum atomic E-state index is -1.24. The van der Waals surface area contributed by atoms with Gasteiger partial charge in [0.15, 0.2) is 25.0 Å². The summed E-state index contributed by atoms with van der Waals surface area (Å²) in [7, 11) is 1.43. The first-order chi connectivity index (χ1) is 23.4. The Morgan fingerprint density at radius 1 is 0.938 bits per heavy atom. The molecule has 262 valence electrons. The number of fused-ring (bicyclic) bond motifs is 1. The van der Waals surface area contributed by atoms with Gasteiger partial charge in [0.05, 0.1) is 19.3 Å². The van der Waals surface area contributed by atoms with Crippen LogP contribution >= 0.6 is 0 Å². The number of nitrogens with zero attached hydrogens (tertiary/aromatic N) is 3. The number of hydrogen-bond acceptors (Lipinski definition) is 12. The Bertz CT molecular complexity index is 1320. The van der Waals surface area contributed by atoms with E-state index in [9.17, 15) is 9.90 Å². The zero-order chi connectivity index (χ0) is 33.9. The molecule has 2 aromatic carbocycles. The Morgan fingerprint density at radius 2 is 1.69 bits per heavy atom. The van der Waals surface area contributed by atoms with Gasteiger partial charge in [-0.2, -0.15) is 0 Å². The molecule has 48 heavy (non-hydrogen) atoms. The van der Waals surface area contributed by atoms with E-state index < -0.39 is 73.7 Å². The molecular formula is C34H45N3O11. The van der Waals surface area contributed by atoms with Crippen molar-refractivity contribution in [3.63, 3.8) is 0 Å². The van der Waals surface area contributed by atoms with Crippen molar-refractivity contribution in [1.29, 1.82) is 0 Å². The molecule has 3 aliphatic heterocycles. The number of unbranched alkanes of at least 4 members (excludes halogenated alkanes) is 2. The second-order valence-electron chi connectivity index (χ2n) is 11.9. The van der Waals surface area contributed by atoms with Crippen molar-refractivity contribution in [3.05, 3.63) is 82.2 Å². The van der Waals surface area contributed by atoms with E-state index in [-0.39, 0.29) is 13.2 Å². The molecule has 0 amide bonds. The highest BCUT2D eigenvalue weighted by Gasteiger charge is 2.55. The van der Waals surface area contributed by atoms with Gasteiger partial charge in [-0.25, -0.2) is 0 Å². The molecule has 14 nitrogen and oxygen atoms in total. The highest BCUT2D eigenvalue weighted by molar-refractivity contribution is 5.66. The van der Waals surface area contributed by atoms with Gasteiger partial charge in [-0.1, -0.05) is 72.2 Å². The van der Waals surface area contributed by atoms with E-state index >= 15 is 0 Å². The minimum absolute atomic E-state index is 0.189. The number of benzene rings is 2. The van der Waals surface area contributed by atoms with Crippen LogP contribution in [0.15, 0.2) is 65.8 Å². The van der Waals surface area contributed by atoms with Crippen molar-refractivity contribution in [3.8, 4) is 0 Å². The number of aliphatic hydroxyl groups is 1. The van der Waals surface area contributed by atoms with E-state index in [1.54, 1.807) is 6.92 Å². The largest absolute Gasteiger partial charge is 0.457 e. The molecule has 0 bridgehead atoms. The van der Waals surface area contributed by atoms with Crippen molar-refractivity contribution in [1.82, 2.24) is 0 Å². The van der Waals surface area contributed by atoms with E-state index in [0.29, 0.717) is 19.6 Å². The van der Waals surface area contributed by atoms with E-state index in [1.807, 2.05) is 60.7 Å². The Morgan fingerprint density at radius 3 is 2.40 bits per heavy atom. The van der Waals surface area contributed by atoms with Crippen molar-refractivity contribution in [2.45, 2.75) is 107 Å². The fraction of sp³-hybridized carbons (Fsp3) is 0.618. The summed E-state index contributed by atoms with van der Waals surface area (Å²) in [6.07, 6.45) is -7.33. The Labute approximate surface area is 280 Å². The molecule has 3 fully saturated rings. The standard InChI is InChI=1S/C34H45N3O11/c1-21-27(45-22(2)38)26(39)29(40-3)34(44-21)48-30-28-25(20-43-32(47-28)24-15-9-5-10-16-24)46-33(41-18-12-6-11-17-36-37-35)31(30)42-19-23-13-7-4-8-14-23/h4-5,7-10,13-16,21,25-34,39H,6,11-12,17-20H2,1-3H3/t21-,25+,26+,27+,28+,29+,30-,31+,32+,33+,34-/m0/s1. The topological polar surface area (TPSA) is 169 Å². The lowest BCUT2D eigenvalue weighted by atomic mass is 9.95. The van der Waals surface area contributed by atoms with Crippen LogP contribution in [0.1, 0.15) is 50.5 Å². The first kappa shape index (κ1) is 36.1. The van der Waals surface area contributed by atoms with Gasteiger partial charge in [-0.05, 0) is 30.9 Å². The summed E-state index contributed by atoms with van der Waals surface area (Å²) in [5.74, 6) is -0.550. The average Bonchev–Trinajstić information content (AvgIpc) is 3.10. The number of hydrogen-bond donors (Lipinski definition) is 1. The van der Waals surface area contributed by atoms with Gasteiger partial charge in [0.25, 0.3) is 0 Å². The fourth-order valence-electron chi connectivity index (χ4n) is 6.13. The summed E-state index contributed by atoms with van der Waals surface area (Å²) in [4.78, 5) is 14.6. The van der Waals surface area contributed by atoms with E-state index in [2.05, 4.69) is 10.0 Å². The van der Waals surface area contributed by atoms with Crippen LogP contribution < -0.4 is 0 Å². The predicted octanol–water partition coefficient (Wildman–Crippen LogP) is 4.35. The summed E-state index contributed by atoms with van der Waals surface area (Å²) < 4.78 is 56.0. The highest BCUT2D eigenvalue weighted by Crippen LogP contribution is 2.39. The van der Waals surface area contributed by atoms with Crippen LogP contribution in [0, 0.1) is 0 Å². The summed E-state index contributed by atoms with van der Waals surface area (Å²) in [5.41, 5.74) is 10.3. The van der Waals surface area contributed by atoms with Gasteiger partial charge in [-0.3, -0.25) is 4.79 Å². The molecule has 0 aromatic heterocycles. The third-order valence-electron chi connectivity index (χ3n) is 8.51. The zero-order valence-corrected chi connectivity index (χ0v) is 27.4. The first-order valence-electron chi connectivity index (χ1n) is 16.3. The zero-order valence-electron chi connectivity index (χ0n) is 27.4. The van der Waals surface area contributed by atoms with Gasteiger partial charge in [0.2, 0.25) is 0 Å². The van der Waals surface area contributed by atoms with Crippen LogP contribution in [0.4, 0.5) is 0 Å². The molecular weight excluding hydrogens is 626 g/mol. The van der Waals surface area contributed by atoms with Crippen LogP contribution in [0.5, 0.6) is 0 Å². The predicted molar refractivity (Wildman–Crippen MR) is 169 cm³/mol. The number of azide groups is 1. The molecule has 3 saturated heterocycles. The third kappa shape index (κ3) is 9.30. The summed E-state index contributed by atoms with van der Waals surface area (Å²) in [6.45, 7) is 4.15. The first-order valence-corrected chi connectivity index (χ1v) is 16.3. The van der Waals surface area contributed by atoms with Gasteiger partial charge in [0.1, 0.15) is 36.6 Å². The van der Waals surface area contributed by atoms with Crippen molar-refractivity contribution in [2.24, 2.45) is 5.11 Å². The maximum Gasteiger partial charge on any atom is 0.303 e. The van der Waals surface area contributed by atoms with Crippen LogP contribution in [-0.4, -0.2) is 99.4 Å². The minimum Gasteiger partial charge on any atom is -0.457 e. The molecule has 14 heteroatoms. The monoisotopic (exact) mass is 671 g/mol. The van der Waals surface area contributed by atoms with Gasteiger partial charge in [-0.15, -0.1) is 0 Å². The molecule has 0 unspecified atom stereocenters. The lowest BCUT2D eigenvalue weighted by Gasteiger charge is -2.51. The second-order valence-corrected chi connectivity index (χ2v) is 11.9. The smallest absolute Gasteiger partial charge is 0.303 e. The van der Waals surface area contributed by atoms with Gasteiger partial charge in [0, 0.05) is 37.7 Å². The van der Waals surface area contributed by atoms with Crippen LogP contribution in [0.25, 0.3) is 10.4 Å². The molecule has 11 atom stereocenters. The number of rotatable bonds is 15. The van der Waals surface area contributed by atoms with Crippen molar-refractivity contribution < 1.29 is 52.5 Å². The average molecular weight is 672 g/mol. The van der Waals surface area contributed by atoms with Gasteiger partial charge >= 0.3 is 5.97 Å². The van der Waals surface area contributed by atoms with E-state index in [4.69, 9.17) is 48.2 Å². The summed E-state index contributed by atoms with van der Waals surface area (Å²) >= 11 is 0. The van der Waals surface area contributed by atoms with Crippen molar-refractivity contribution >= 4 is 5.97 Å². The SMILES string of the molecule is CO[C@H]1[C@H](O[C@@H]2[C@@H](OCc3ccccc3)[C@H](OCCCCCN=[N+]=[N-])O[C@@H]3CO[C@@H](c4ccccc4)O[C@@H]23)O[C@@H](C)[C@@H](OC(C)=O)[C@H]1O. The van der Waals surface area contributed by atoms with Crippen LogP contribution in [-0.2, 0) is 54.0 Å². The lowest BCUT2D eigenvalue weighted by molar-refractivity contribution is -0.396. The van der Waals surface area contributed by atoms with Crippen LogP contribution in [0.3, 0.4) is 0 Å². The Kier molecular flexibility index (Phi) is 13.6. The molecule has 2 aromatic rings. The summed E-state index contributed by atoms with van der Waals surface area (Å²) in [6, 6.07) is 19.3. The van der Waals surface area contributed by atoms with Crippen molar-refractivity contribution in [2.75, 3.05) is 26.9 Å². The quantitative estimate of drug-likeness (QED) is 0.0940. The van der Waals surface area contributed by atoms with E-state index in [0.717, 1.165) is 24.0 Å². The number of aliphatic hydroxyl groups excluding tert-OH is 1. The maximum atomic E-state index is 11.8.